The van der Waals surface area contributed by atoms with Crippen molar-refractivity contribution in [2.45, 2.75) is 33.7 Å². The van der Waals surface area contributed by atoms with Crippen LogP contribution in [0.3, 0.4) is 0 Å². The van der Waals surface area contributed by atoms with Gasteiger partial charge in [0, 0.05) is 6.54 Å². The Labute approximate surface area is 168 Å². The molecule has 1 N–H and O–H groups in total. The Bertz CT molecular complexity index is 1150. The largest absolute Gasteiger partial charge is 0.352 e. The van der Waals surface area contributed by atoms with Crippen molar-refractivity contribution in [2.75, 3.05) is 6.54 Å². The SMILES string of the molecule is CCCNC(=O)c1nn(-c2ccc(C)c(C)c2)c(=O)n(Cc2ccccc2)c1=O. The molecule has 0 spiro atoms. The van der Waals surface area contributed by atoms with Gasteiger partial charge in [-0.15, -0.1) is 0 Å². The zero-order valence-electron chi connectivity index (χ0n) is 16.8. The van der Waals surface area contributed by atoms with E-state index in [2.05, 4.69) is 10.4 Å². The number of hydrogen-bond acceptors (Lipinski definition) is 4. The van der Waals surface area contributed by atoms with E-state index in [9.17, 15) is 14.4 Å². The Kier molecular flexibility index (Phi) is 6.07. The van der Waals surface area contributed by atoms with Crippen LogP contribution >= 0.6 is 0 Å². The Morgan fingerprint density at radius 3 is 2.41 bits per heavy atom. The molecule has 7 nitrogen and oxygen atoms in total. The minimum absolute atomic E-state index is 0.0555. The van der Waals surface area contributed by atoms with E-state index in [4.69, 9.17) is 0 Å². The molecule has 150 valence electrons. The molecule has 0 saturated heterocycles. The molecule has 0 atom stereocenters. The Balaban J connectivity index is 2.20. The van der Waals surface area contributed by atoms with E-state index < -0.39 is 17.2 Å². The van der Waals surface area contributed by atoms with Gasteiger partial charge >= 0.3 is 5.69 Å². The van der Waals surface area contributed by atoms with Crippen LogP contribution in [0, 0.1) is 13.8 Å². The summed E-state index contributed by atoms with van der Waals surface area (Å²) in [6.45, 7) is 6.28. The lowest BCUT2D eigenvalue weighted by atomic mass is 10.1. The standard InChI is InChI=1S/C22H24N4O3/c1-4-12-23-20(27)19-21(28)25(14-17-8-6-5-7-9-17)22(29)26(24-19)18-11-10-15(2)16(3)13-18/h5-11,13H,4,12,14H2,1-3H3,(H,23,27). The van der Waals surface area contributed by atoms with E-state index in [0.717, 1.165) is 32.4 Å². The minimum atomic E-state index is -0.701. The van der Waals surface area contributed by atoms with Gasteiger partial charge < -0.3 is 5.32 Å². The van der Waals surface area contributed by atoms with Gasteiger partial charge in [0.05, 0.1) is 12.2 Å². The van der Waals surface area contributed by atoms with Gasteiger partial charge in [-0.05, 0) is 49.1 Å². The first-order chi connectivity index (χ1) is 13.9. The third-order valence-electron chi connectivity index (χ3n) is 4.73. The van der Waals surface area contributed by atoms with Crippen LogP contribution in [-0.2, 0) is 6.54 Å². The van der Waals surface area contributed by atoms with Gasteiger partial charge in [0.2, 0.25) is 5.69 Å². The lowest BCUT2D eigenvalue weighted by Crippen LogP contribution is -2.46. The van der Waals surface area contributed by atoms with Crippen LogP contribution < -0.4 is 16.6 Å². The van der Waals surface area contributed by atoms with Gasteiger partial charge in [-0.1, -0.05) is 43.3 Å². The van der Waals surface area contributed by atoms with E-state index in [1.807, 2.05) is 63.2 Å². The number of carbonyl (C=O) groups excluding carboxylic acids is 1. The van der Waals surface area contributed by atoms with Crippen molar-refractivity contribution < 1.29 is 4.79 Å². The molecule has 0 bridgehead atoms. The van der Waals surface area contributed by atoms with Crippen LogP contribution in [0.4, 0.5) is 0 Å². The molecule has 29 heavy (non-hydrogen) atoms. The van der Waals surface area contributed by atoms with Gasteiger partial charge in [-0.2, -0.15) is 9.78 Å². The molecule has 0 aliphatic rings. The highest BCUT2D eigenvalue weighted by atomic mass is 16.2. The maximum atomic E-state index is 13.1. The van der Waals surface area contributed by atoms with Gasteiger partial charge in [0.15, 0.2) is 0 Å². The number of rotatable bonds is 6. The molecule has 0 fully saturated rings. The van der Waals surface area contributed by atoms with Gasteiger partial charge in [-0.25, -0.2) is 4.79 Å². The number of amides is 1. The van der Waals surface area contributed by atoms with Crippen molar-refractivity contribution in [3.05, 3.63) is 91.8 Å². The average molecular weight is 392 g/mol. The molecule has 0 unspecified atom stereocenters. The van der Waals surface area contributed by atoms with Crippen LogP contribution in [0.15, 0.2) is 58.1 Å². The maximum absolute atomic E-state index is 13.1. The van der Waals surface area contributed by atoms with Crippen LogP contribution in [0.1, 0.15) is 40.5 Å². The van der Waals surface area contributed by atoms with E-state index in [1.54, 1.807) is 6.07 Å². The first kappa shape index (κ1) is 20.3. The van der Waals surface area contributed by atoms with E-state index in [1.165, 1.54) is 0 Å². The van der Waals surface area contributed by atoms with Crippen molar-refractivity contribution in [2.24, 2.45) is 0 Å². The third kappa shape index (κ3) is 4.34. The summed E-state index contributed by atoms with van der Waals surface area (Å²) in [5.74, 6) is -0.587. The third-order valence-corrected chi connectivity index (χ3v) is 4.73. The lowest BCUT2D eigenvalue weighted by Gasteiger charge is -2.13. The number of aromatic nitrogens is 3. The minimum Gasteiger partial charge on any atom is -0.350 e. The van der Waals surface area contributed by atoms with E-state index in [-0.39, 0.29) is 12.2 Å². The highest BCUT2D eigenvalue weighted by Crippen LogP contribution is 2.12. The quantitative estimate of drug-likeness (QED) is 0.697. The van der Waals surface area contributed by atoms with Crippen LogP contribution in [0.25, 0.3) is 5.69 Å². The number of hydrogen-bond donors (Lipinski definition) is 1. The first-order valence-electron chi connectivity index (χ1n) is 9.56. The Hall–Kier alpha value is -3.48. The molecule has 1 amide bonds. The molecule has 0 radical (unpaired) electrons. The van der Waals surface area contributed by atoms with E-state index >= 15 is 0 Å². The Morgan fingerprint density at radius 1 is 1.03 bits per heavy atom. The van der Waals surface area contributed by atoms with Gasteiger partial charge in [0.25, 0.3) is 11.5 Å². The summed E-state index contributed by atoms with van der Waals surface area (Å²) in [6.07, 6.45) is 0.723. The predicted octanol–water partition coefficient (Wildman–Crippen LogP) is 2.20. The molecule has 0 aliphatic carbocycles. The summed E-state index contributed by atoms with van der Waals surface area (Å²) in [5, 5.41) is 6.80. The molecule has 7 heteroatoms. The summed E-state index contributed by atoms with van der Waals surface area (Å²) in [4.78, 5) is 38.6. The highest BCUT2D eigenvalue weighted by molar-refractivity contribution is 5.91. The number of benzene rings is 2. The summed E-state index contributed by atoms with van der Waals surface area (Å²) in [7, 11) is 0. The second-order valence-corrected chi connectivity index (χ2v) is 6.94. The molecular weight excluding hydrogens is 368 g/mol. The summed E-state index contributed by atoms with van der Waals surface area (Å²) in [6, 6.07) is 14.6. The Morgan fingerprint density at radius 2 is 1.76 bits per heavy atom. The highest BCUT2D eigenvalue weighted by Gasteiger charge is 2.20. The van der Waals surface area contributed by atoms with Crippen molar-refractivity contribution in [3.8, 4) is 5.69 Å². The molecule has 1 heterocycles. The van der Waals surface area contributed by atoms with Crippen LogP contribution in [0.5, 0.6) is 0 Å². The smallest absolute Gasteiger partial charge is 0.350 e. The predicted molar refractivity (Wildman–Crippen MR) is 112 cm³/mol. The van der Waals surface area contributed by atoms with Crippen LogP contribution in [0.2, 0.25) is 0 Å². The second-order valence-electron chi connectivity index (χ2n) is 6.94. The number of carbonyl (C=O) groups is 1. The summed E-state index contributed by atoms with van der Waals surface area (Å²) < 4.78 is 2.18. The second kappa shape index (κ2) is 8.68. The van der Waals surface area contributed by atoms with E-state index in [0.29, 0.717) is 12.2 Å². The fourth-order valence-electron chi connectivity index (χ4n) is 2.91. The number of aryl methyl sites for hydroxylation is 2. The topological polar surface area (TPSA) is 86.0 Å². The molecule has 3 aromatic rings. The fourth-order valence-corrected chi connectivity index (χ4v) is 2.91. The maximum Gasteiger partial charge on any atom is 0.352 e. The van der Waals surface area contributed by atoms with Crippen molar-refractivity contribution in [1.29, 1.82) is 0 Å². The molecule has 1 aromatic heterocycles. The number of nitrogens with zero attached hydrogens (tertiary/aromatic N) is 3. The molecule has 0 saturated carbocycles. The molecular formula is C22H24N4O3. The molecule has 3 rings (SSSR count). The normalized spacial score (nSPS) is 10.7. The molecule has 0 aliphatic heterocycles. The zero-order valence-corrected chi connectivity index (χ0v) is 16.8. The lowest BCUT2D eigenvalue weighted by molar-refractivity contribution is 0.0944. The zero-order chi connectivity index (χ0) is 21.0. The first-order valence-corrected chi connectivity index (χ1v) is 9.56. The summed E-state index contributed by atoms with van der Waals surface area (Å²) in [5.41, 5.74) is 1.75. The average Bonchev–Trinajstić information content (AvgIpc) is 2.72. The number of nitrogens with one attached hydrogen (secondary N) is 1. The monoisotopic (exact) mass is 392 g/mol. The fraction of sp³-hybridized carbons (Fsp3) is 0.273. The molecule has 2 aromatic carbocycles. The van der Waals surface area contributed by atoms with Crippen molar-refractivity contribution >= 4 is 5.91 Å². The van der Waals surface area contributed by atoms with Crippen LogP contribution in [-0.4, -0.2) is 26.8 Å². The van der Waals surface area contributed by atoms with Crippen molar-refractivity contribution in [3.63, 3.8) is 0 Å². The summed E-state index contributed by atoms with van der Waals surface area (Å²) >= 11 is 0. The van der Waals surface area contributed by atoms with Gasteiger partial charge in [-0.3, -0.25) is 14.2 Å². The van der Waals surface area contributed by atoms with Crippen molar-refractivity contribution in [1.82, 2.24) is 19.7 Å². The van der Waals surface area contributed by atoms with Gasteiger partial charge in [0.1, 0.15) is 0 Å².